The number of hydrogen-bond acceptors (Lipinski definition) is 6. The Labute approximate surface area is 222 Å². The van der Waals surface area contributed by atoms with Gasteiger partial charge in [-0.3, -0.25) is 14.5 Å². The molecule has 10 heteroatoms. The number of hydrogen-bond donors (Lipinski definition) is 4. The smallest absolute Gasteiger partial charge is 0.303 e. The normalized spacial score (nSPS) is 16.1. The van der Waals surface area contributed by atoms with E-state index >= 15 is 0 Å². The average Bonchev–Trinajstić information content (AvgIpc) is 3.29. The summed E-state index contributed by atoms with van der Waals surface area (Å²) in [4.78, 5) is 24.1. The molecule has 0 aromatic heterocycles. The number of nitrogens with zero attached hydrogens (tertiary/aromatic N) is 1. The largest absolute Gasteiger partial charge is 0.492 e. The molecule has 1 aliphatic rings. The minimum Gasteiger partial charge on any atom is -0.492 e. The molecule has 1 aliphatic heterocycles. The molecule has 0 aliphatic carbocycles. The maximum atomic E-state index is 11.4. The predicted molar refractivity (Wildman–Crippen MR) is 143 cm³/mol. The summed E-state index contributed by atoms with van der Waals surface area (Å²) < 4.78 is 5.83. The summed E-state index contributed by atoms with van der Waals surface area (Å²) in [6.45, 7) is 3.75. The van der Waals surface area contributed by atoms with Crippen LogP contribution in [0, 0.1) is 0 Å². The van der Waals surface area contributed by atoms with Gasteiger partial charge in [-0.05, 0) is 55.6 Å². The van der Waals surface area contributed by atoms with Crippen molar-refractivity contribution < 1.29 is 19.4 Å². The first-order valence-corrected chi connectivity index (χ1v) is 12.8. The fourth-order valence-corrected chi connectivity index (χ4v) is 4.08. The average molecular weight is 540 g/mol. The molecular weight excluding hydrogens is 503 g/mol. The van der Waals surface area contributed by atoms with Crippen LogP contribution >= 0.6 is 23.2 Å². The molecule has 198 valence electrons. The van der Waals surface area contributed by atoms with Crippen molar-refractivity contribution in [1.82, 2.24) is 10.2 Å². The van der Waals surface area contributed by atoms with Crippen molar-refractivity contribution in [2.24, 2.45) is 11.5 Å². The zero-order valence-electron chi connectivity index (χ0n) is 20.4. The second-order valence-corrected chi connectivity index (χ2v) is 9.49. The Morgan fingerprint density at radius 3 is 2.50 bits per heavy atom. The van der Waals surface area contributed by atoms with Crippen LogP contribution in [-0.4, -0.2) is 60.2 Å². The summed E-state index contributed by atoms with van der Waals surface area (Å²) in [5.74, 6) is -0.155. The summed E-state index contributed by atoms with van der Waals surface area (Å²) in [5, 5.41) is 12.0. The molecule has 3 rings (SSSR count). The number of aliphatic carboxylic acids is 1. The van der Waals surface area contributed by atoms with Crippen LogP contribution in [0.1, 0.15) is 37.7 Å². The number of carbonyl (C=O) groups is 2. The Balaban J connectivity index is 0.000000254. The van der Waals surface area contributed by atoms with Gasteiger partial charge in [-0.2, -0.15) is 0 Å². The number of benzene rings is 2. The van der Waals surface area contributed by atoms with Gasteiger partial charge in [0.15, 0.2) is 0 Å². The lowest BCUT2D eigenvalue weighted by atomic mass is 10.2. The zero-order chi connectivity index (χ0) is 26.3. The second-order valence-electron chi connectivity index (χ2n) is 8.67. The maximum Gasteiger partial charge on any atom is 0.303 e. The van der Waals surface area contributed by atoms with Crippen molar-refractivity contribution in [2.45, 2.75) is 50.7 Å². The Morgan fingerprint density at radius 2 is 1.89 bits per heavy atom. The second kappa shape index (κ2) is 16.4. The van der Waals surface area contributed by atoms with Crippen LogP contribution in [0.25, 0.3) is 0 Å². The molecule has 0 radical (unpaired) electrons. The number of rotatable bonds is 12. The lowest BCUT2D eigenvalue weighted by Gasteiger charge is -2.27. The number of halogens is 2. The van der Waals surface area contributed by atoms with Crippen LogP contribution in [0.2, 0.25) is 10.0 Å². The van der Waals surface area contributed by atoms with E-state index in [4.69, 9.17) is 44.5 Å². The number of likely N-dealkylation sites (tertiary alicyclic amines) is 1. The van der Waals surface area contributed by atoms with Crippen molar-refractivity contribution >= 4 is 35.1 Å². The highest BCUT2D eigenvalue weighted by Crippen LogP contribution is 2.22. The monoisotopic (exact) mass is 538 g/mol. The van der Waals surface area contributed by atoms with Gasteiger partial charge < -0.3 is 26.6 Å². The molecule has 36 heavy (non-hydrogen) atoms. The topological polar surface area (TPSA) is 131 Å². The van der Waals surface area contributed by atoms with Crippen LogP contribution in [0.3, 0.4) is 0 Å². The summed E-state index contributed by atoms with van der Waals surface area (Å²) in [6, 6.07) is 15.7. The third kappa shape index (κ3) is 11.6. The van der Waals surface area contributed by atoms with Crippen molar-refractivity contribution in [2.75, 3.05) is 26.2 Å². The Bertz CT molecular complexity index is 949. The van der Waals surface area contributed by atoms with Crippen molar-refractivity contribution in [3.05, 3.63) is 64.1 Å². The molecule has 6 N–H and O–H groups in total. The summed E-state index contributed by atoms with van der Waals surface area (Å²) in [5.41, 5.74) is 12.5. The molecule has 1 fully saturated rings. The fourth-order valence-electron chi connectivity index (χ4n) is 3.76. The highest BCUT2D eigenvalue weighted by Gasteiger charge is 2.26. The summed E-state index contributed by atoms with van der Waals surface area (Å²) in [7, 11) is 0. The van der Waals surface area contributed by atoms with Crippen molar-refractivity contribution in [3.8, 4) is 5.75 Å². The van der Waals surface area contributed by atoms with Gasteiger partial charge in [0.05, 0.1) is 10.0 Å². The molecular formula is C26H36Cl2N4O4. The number of carboxylic acid groups (broad SMARTS) is 1. The van der Waals surface area contributed by atoms with E-state index < -0.39 is 5.97 Å². The fraction of sp³-hybridized carbons (Fsp3) is 0.462. The Kier molecular flexibility index (Phi) is 13.6. The number of nitrogens with two attached hydrogens (primary N) is 2. The molecule has 1 amide bonds. The molecule has 2 aromatic carbocycles. The quantitative estimate of drug-likeness (QED) is 0.324. The van der Waals surface area contributed by atoms with Gasteiger partial charge in [0, 0.05) is 44.6 Å². The Hall–Kier alpha value is -2.36. The number of para-hydroxylation sites is 1. The first-order chi connectivity index (χ1) is 17.3. The van der Waals surface area contributed by atoms with Crippen LogP contribution in [-0.2, 0) is 16.1 Å². The van der Waals surface area contributed by atoms with Gasteiger partial charge in [-0.25, -0.2) is 0 Å². The minimum absolute atomic E-state index is 0.000192. The maximum absolute atomic E-state index is 11.4. The highest BCUT2D eigenvalue weighted by molar-refractivity contribution is 6.42. The van der Waals surface area contributed by atoms with Crippen LogP contribution in [0.5, 0.6) is 5.75 Å². The number of carbonyl (C=O) groups excluding carboxylic acids is 1. The standard InChI is InChI=1S/C14H23N3O.C12H13Cl2NO3/c15-8-6-13(17-9-7-12(16)10-17)11-18-14-4-2-1-3-5-14;13-9-5-4-8(6-10(9)14)7-15-11(16)2-1-3-12(17)18/h1-5,12-13H,6-11,15-16H2;4-6H,1-3,7H2,(H,15,16)(H,17,18). The zero-order valence-corrected chi connectivity index (χ0v) is 21.9. The van der Waals surface area contributed by atoms with E-state index in [2.05, 4.69) is 10.2 Å². The third-order valence-electron chi connectivity index (χ3n) is 5.73. The van der Waals surface area contributed by atoms with E-state index in [-0.39, 0.29) is 18.7 Å². The van der Waals surface area contributed by atoms with E-state index in [1.807, 2.05) is 30.3 Å². The van der Waals surface area contributed by atoms with E-state index in [1.165, 1.54) is 0 Å². The van der Waals surface area contributed by atoms with Gasteiger partial charge >= 0.3 is 5.97 Å². The molecule has 2 atom stereocenters. The Morgan fingerprint density at radius 1 is 1.14 bits per heavy atom. The first-order valence-electron chi connectivity index (χ1n) is 12.1. The molecule has 1 heterocycles. The lowest BCUT2D eigenvalue weighted by molar-refractivity contribution is -0.137. The first kappa shape index (κ1) is 29.9. The predicted octanol–water partition coefficient (Wildman–Crippen LogP) is 3.68. The van der Waals surface area contributed by atoms with Crippen molar-refractivity contribution in [1.29, 1.82) is 0 Å². The lowest BCUT2D eigenvalue weighted by Crippen LogP contribution is -2.40. The number of amides is 1. The SMILES string of the molecule is NCCC(COc1ccccc1)N1CCC(N)C1.O=C(O)CCCC(=O)NCc1ccc(Cl)c(Cl)c1. The van der Waals surface area contributed by atoms with Crippen LogP contribution in [0.15, 0.2) is 48.5 Å². The number of carboxylic acids is 1. The molecule has 8 nitrogen and oxygen atoms in total. The van der Waals surface area contributed by atoms with Gasteiger partial charge in [0.25, 0.3) is 0 Å². The highest BCUT2D eigenvalue weighted by atomic mass is 35.5. The summed E-state index contributed by atoms with van der Waals surface area (Å²) >= 11 is 11.6. The molecule has 2 aromatic rings. The molecule has 0 saturated carbocycles. The molecule has 0 bridgehead atoms. The minimum atomic E-state index is -0.896. The van der Waals surface area contributed by atoms with Crippen molar-refractivity contribution in [3.63, 3.8) is 0 Å². The summed E-state index contributed by atoms with van der Waals surface area (Å²) in [6.07, 6.45) is 2.57. The van der Waals surface area contributed by atoms with E-state index in [9.17, 15) is 9.59 Å². The molecule has 0 spiro atoms. The van der Waals surface area contributed by atoms with Crippen LogP contribution < -0.4 is 21.5 Å². The van der Waals surface area contributed by atoms with Crippen LogP contribution in [0.4, 0.5) is 0 Å². The van der Waals surface area contributed by atoms with E-state index in [1.54, 1.807) is 18.2 Å². The molecule has 1 saturated heterocycles. The van der Waals surface area contributed by atoms with E-state index in [0.29, 0.717) is 48.2 Å². The van der Waals surface area contributed by atoms with Gasteiger partial charge in [-0.15, -0.1) is 0 Å². The van der Waals surface area contributed by atoms with E-state index in [0.717, 1.165) is 37.2 Å². The third-order valence-corrected chi connectivity index (χ3v) is 6.47. The number of nitrogens with one attached hydrogen (secondary N) is 1. The van der Waals surface area contributed by atoms with Gasteiger partial charge in [0.2, 0.25) is 5.91 Å². The number of ether oxygens (including phenoxy) is 1. The van der Waals surface area contributed by atoms with Gasteiger partial charge in [0.1, 0.15) is 12.4 Å². The molecule has 2 unspecified atom stereocenters. The van der Waals surface area contributed by atoms with Gasteiger partial charge in [-0.1, -0.05) is 47.5 Å².